The van der Waals surface area contributed by atoms with Gasteiger partial charge in [-0.1, -0.05) is 291 Å². The van der Waals surface area contributed by atoms with Crippen LogP contribution < -0.4 is 0 Å². The van der Waals surface area contributed by atoms with Crippen LogP contribution in [-0.4, -0.2) is 37.2 Å². The summed E-state index contributed by atoms with van der Waals surface area (Å²) < 4.78 is 16.9. The Labute approximate surface area is 399 Å². The van der Waals surface area contributed by atoms with Gasteiger partial charge in [0.15, 0.2) is 6.10 Å². The molecule has 0 fully saturated rings. The Balaban J connectivity index is 4.29. The van der Waals surface area contributed by atoms with Gasteiger partial charge in [-0.15, -0.1) is 0 Å². The van der Waals surface area contributed by atoms with Crippen molar-refractivity contribution < 1.29 is 28.6 Å². The van der Waals surface area contributed by atoms with Gasteiger partial charge >= 0.3 is 17.9 Å². The molecule has 6 heteroatoms. The van der Waals surface area contributed by atoms with Crippen molar-refractivity contribution in [2.24, 2.45) is 5.92 Å². The fraction of sp³-hybridized carbons (Fsp3) is 0.948. The third-order valence-electron chi connectivity index (χ3n) is 13.3. The van der Waals surface area contributed by atoms with Crippen LogP contribution in [0.1, 0.15) is 329 Å². The van der Waals surface area contributed by atoms with Gasteiger partial charge in [0.2, 0.25) is 0 Å². The van der Waals surface area contributed by atoms with E-state index in [-0.39, 0.29) is 31.1 Å². The van der Waals surface area contributed by atoms with E-state index in [1.807, 2.05) is 0 Å². The van der Waals surface area contributed by atoms with Crippen LogP contribution in [0.15, 0.2) is 0 Å². The van der Waals surface area contributed by atoms with E-state index < -0.39 is 6.10 Å². The number of ether oxygens (including phenoxy) is 3. The monoisotopic (exact) mass is 905 g/mol. The molecule has 0 N–H and O–H groups in total. The highest BCUT2D eigenvalue weighted by Gasteiger charge is 2.19. The maximum Gasteiger partial charge on any atom is 0.306 e. The SMILES string of the molecule is CCCCCCCCCCCCCCCCCCC(=O)OC[C@@H](COC(=O)CCCCCCCCCCCCCCCC(C)C)OC(=O)CCCCCCCCCCCCCCCC. The summed E-state index contributed by atoms with van der Waals surface area (Å²) in [7, 11) is 0. The molecule has 0 saturated carbocycles. The Hall–Kier alpha value is -1.59. The van der Waals surface area contributed by atoms with Crippen molar-refractivity contribution >= 4 is 17.9 Å². The number of carbonyl (C=O) groups is 3. The summed E-state index contributed by atoms with van der Waals surface area (Å²) >= 11 is 0. The first-order valence-corrected chi connectivity index (χ1v) is 28.9. The molecular formula is C58H112O6. The average molecular weight is 906 g/mol. The summed E-state index contributed by atoms with van der Waals surface area (Å²) in [4.78, 5) is 38.1. The maximum atomic E-state index is 12.8. The van der Waals surface area contributed by atoms with E-state index in [0.717, 1.165) is 63.7 Å². The lowest BCUT2D eigenvalue weighted by atomic mass is 10.0. The molecule has 0 saturated heterocycles. The summed E-state index contributed by atoms with van der Waals surface area (Å²) in [6.07, 6.45) is 56.6. The van der Waals surface area contributed by atoms with Crippen LogP contribution in [0.3, 0.4) is 0 Å². The van der Waals surface area contributed by atoms with Gasteiger partial charge < -0.3 is 14.2 Å². The first-order chi connectivity index (χ1) is 31.4. The first kappa shape index (κ1) is 62.4. The molecule has 0 heterocycles. The molecular weight excluding hydrogens is 793 g/mol. The van der Waals surface area contributed by atoms with Gasteiger partial charge in [0.1, 0.15) is 13.2 Å². The molecule has 0 amide bonds. The molecule has 6 nitrogen and oxygen atoms in total. The third kappa shape index (κ3) is 51.4. The predicted molar refractivity (Wildman–Crippen MR) is 275 cm³/mol. The Kier molecular flexibility index (Phi) is 51.1. The molecule has 1 atom stereocenters. The van der Waals surface area contributed by atoms with Gasteiger partial charge in [-0.3, -0.25) is 14.4 Å². The molecule has 380 valence electrons. The van der Waals surface area contributed by atoms with Crippen molar-refractivity contribution in [3.8, 4) is 0 Å². The Morgan fingerprint density at radius 3 is 0.766 bits per heavy atom. The van der Waals surface area contributed by atoms with Gasteiger partial charge in [-0.05, 0) is 25.2 Å². The lowest BCUT2D eigenvalue weighted by Crippen LogP contribution is -2.30. The molecule has 0 unspecified atom stereocenters. The van der Waals surface area contributed by atoms with Crippen molar-refractivity contribution in [1.82, 2.24) is 0 Å². The van der Waals surface area contributed by atoms with Crippen LogP contribution in [-0.2, 0) is 28.6 Å². The molecule has 0 bridgehead atoms. The fourth-order valence-corrected chi connectivity index (χ4v) is 8.92. The lowest BCUT2D eigenvalue weighted by molar-refractivity contribution is -0.167. The molecule has 0 aliphatic carbocycles. The van der Waals surface area contributed by atoms with Crippen LogP contribution in [0.4, 0.5) is 0 Å². The molecule has 0 aromatic rings. The zero-order chi connectivity index (χ0) is 46.7. The quantitative estimate of drug-likeness (QED) is 0.0344. The van der Waals surface area contributed by atoms with Crippen molar-refractivity contribution in [3.63, 3.8) is 0 Å². The number of carbonyl (C=O) groups excluding carboxylic acids is 3. The van der Waals surface area contributed by atoms with Crippen molar-refractivity contribution in [2.75, 3.05) is 13.2 Å². The summed E-state index contributed by atoms with van der Waals surface area (Å²) in [5.41, 5.74) is 0. The summed E-state index contributed by atoms with van der Waals surface area (Å²) in [6, 6.07) is 0. The Bertz CT molecular complexity index is 964. The van der Waals surface area contributed by atoms with Crippen molar-refractivity contribution in [1.29, 1.82) is 0 Å². The van der Waals surface area contributed by atoms with E-state index in [2.05, 4.69) is 27.7 Å². The second-order valence-electron chi connectivity index (χ2n) is 20.4. The van der Waals surface area contributed by atoms with Crippen molar-refractivity contribution in [2.45, 2.75) is 336 Å². The smallest absolute Gasteiger partial charge is 0.306 e. The average Bonchev–Trinajstić information content (AvgIpc) is 3.28. The van der Waals surface area contributed by atoms with Gasteiger partial charge in [-0.2, -0.15) is 0 Å². The number of hydrogen-bond acceptors (Lipinski definition) is 6. The minimum Gasteiger partial charge on any atom is -0.462 e. The topological polar surface area (TPSA) is 78.9 Å². The predicted octanol–water partition coefficient (Wildman–Crippen LogP) is 19.0. The minimum atomic E-state index is -0.761. The van der Waals surface area contributed by atoms with E-state index in [1.165, 1.54) is 225 Å². The maximum absolute atomic E-state index is 12.8. The Morgan fingerprint density at radius 1 is 0.297 bits per heavy atom. The standard InChI is InChI=1S/C58H112O6/c1-5-7-9-11-13-15-17-19-21-22-26-29-33-37-41-45-49-56(59)62-52-55(64-58(61)51-47-43-39-35-31-25-20-18-16-14-12-10-8-6-2)53-63-57(60)50-46-42-38-34-30-27-23-24-28-32-36-40-44-48-54(3)4/h54-55H,5-53H2,1-4H3/t55-/m0/s1. The molecule has 0 rings (SSSR count). The van der Waals surface area contributed by atoms with E-state index in [9.17, 15) is 14.4 Å². The van der Waals surface area contributed by atoms with E-state index in [4.69, 9.17) is 14.2 Å². The van der Waals surface area contributed by atoms with Gasteiger partial charge in [-0.25, -0.2) is 0 Å². The summed E-state index contributed by atoms with van der Waals surface area (Å²) in [5, 5.41) is 0. The van der Waals surface area contributed by atoms with Gasteiger partial charge in [0, 0.05) is 19.3 Å². The largest absolute Gasteiger partial charge is 0.462 e. The number of esters is 3. The number of hydrogen-bond donors (Lipinski definition) is 0. The second kappa shape index (κ2) is 52.4. The first-order valence-electron chi connectivity index (χ1n) is 28.9. The molecule has 0 aliphatic rings. The number of rotatable bonds is 53. The Morgan fingerprint density at radius 2 is 0.516 bits per heavy atom. The van der Waals surface area contributed by atoms with Crippen LogP contribution in [0.25, 0.3) is 0 Å². The van der Waals surface area contributed by atoms with Crippen LogP contribution in [0.5, 0.6) is 0 Å². The summed E-state index contributed by atoms with van der Waals surface area (Å²) in [6.45, 7) is 9.06. The van der Waals surface area contributed by atoms with E-state index in [1.54, 1.807) is 0 Å². The second-order valence-corrected chi connectivity index (χ2v) is 20.4. The minimum absolute atomic E-state index is 0.0618. The van der Waals surface area contributed by atoms with Crippen LogP contribution in [0.2, 0.25) is 0 Å². The highest BCUT2D eigenvalue weighted by atomic mass is 16.6. The zero-order valence-electron chi connectivity index (χ0n) is 43.8. The summed E-state index contributed by atoms with van der Waals surface area (Å²) in [5.74, 6) is 0.00495. The van der Waals surface area contributed by atoms with E-state index in [0.29, 0.717) is 19.3 Å². The fourth-order valence-electron chi connectivity index (χ4n) is 8.92. The lowest BCUT2D eigenvalue weighted by Gasteiger charge is -2.18. The van der Waals surface area contributed by atoms with Gasteiger partial charge in [0.05, 0.1) is 0 Å². The van der Waals surface area contributed by atoms with Crippen LogP contribution >= 0.6 is 0 Å². The molecule has 0 spiro atoms. The molecule has 0 aliphatic heterocycles. The molecule has 0 radical (unpaired) electrons. The number of unbranched alkanes of at least 4 members (excludes halogenated alkanes) is 40. The van der Waals surface area contributed by atoms with E-state index >= 15 is 0 Å². The van der Waals surface area contributed by atoms with Gasteiger partial charge in [0.25, 0.3) is 0 Å². The highest BCUT2D eigenvalue weighted by Crippen LogP contribution is 2.18. The third-order valence-corrected chi connectivity index (χ3v) is 13.3. The molecule has 0 aromatic heterocycles. The van der Waals surface area contributed by atoms with Crippen LogP contribution in [0, 0.1) is 5.92 Å². The molecule has 64 heavy (non-hydrogen) atoms. The highest BCUT2D eigenvalue weighted by molar-refractivity contribution is 5.71. The molecule has 0 aromatic carbocycles. The zero-order valence-corrected chi connectivity index (χ0v) is 43.8. The normalized spacial score (nSPS) is 12.0. The van der Waals surface area contributed by atoms with Crippen molar-refractivity contribution in [3.05, 3.63) is 0 Å².